The normalized spacial score (nSPS) is 21.2. The molecule has 0 bridgehead atoms. The minimum atomic E-state index is -0.218. The van der Waals surface area contributed by atoms with Gasteiger partial charge in [-0.1, -0.05) is 6.07 Å². The maximum absolute atomic E-state index is 12.1. The number of hydrogen-bond donors (Lipinski definition) is 2. The number of rotatable bonds is 2. The molecular formula is C15H20N2O4. The zero-order valence-corrected chi connectivity index (χ0v) is 11.9. The first kappa shape index (κ1) is 14.0. The van der Waals surface area contributed by atoms with E-state index in [4.69, 9.17) is 14.2 Å². The average Bonchev–Trinajstić information content (AvgIpc) is 2.76. The van der Waals surface area contributed by atoms with Gasteiger partial charge in [0.15, 0.2) is 11.5 Å². The molecule has 6 heteroatoms. The molecule has 0 aromatic heterocycles. The summed E-state index contributed by atoms with van der Waals surface area (Å²) in [5.74, 6) is 1.27. The van der Waals surface area contributed by atoms with Crippen LogP contribution in [0, 0.1) is 0 Å². The van der Waals surface area contributed by atoms with Crippen molar-refractivity contribution < 1.29 is 19.0 Å². The third-order valence-corrected chi connectivity index (χ3v) is 3.60. The second-order valence-corrected chi connectivity index (χ2v) is 5.17. The summed E-state index contributed by atoms with van der Waals surface area (Å²) in [7, 11) is 0. The average molecular weight is 292 g/mol. The molecule has 2 aliphatic heterocycles. The van der Waals surface area contributed by atoms with Crippen LogP contribution in [0.1, 0.15) is 19.3 Å². The first-order chi connectivity index (χ1) is 10.3. The number of carbonyl (C=O) groups excluding carboxylic acids is 1. The molecule has 0 radical (unpaired) electrons. The van der Waals surface area contributed by atoms with Crippen molar-refractivity contribution in [1.82, 2.24) is 5.32 Å². The fraction of sp³-hybridized carbons (Fsp3) is 0.533. The van der Waals surface area contributed by atoms with Crippen LogP contribution in [-0.4, -0.2) is 38.5 Å². The Kier molecular flexibility index (Phi) is 4.45. The Balaban J connectivity index is 1.62. The van der Waals surface area contributed by atoms with E-state index in [0.717, 1.165) is 25.9 Å². The smallest absolute Gasteiger partial charge is 0.319 e. The summed E-state index contributed by atoms with van der Waals surface area (Å²) in [5.41, 5.74) is 0.634. The van der Waals surface area contributed by atoms with E-state index in [1.807, 2.05) is 18.2 Å². The van der Waals surface area contributed by atoms with Crippen LogP contribution < -0.4 is 20.1 Å². The van der Waals surface area contributed by atoms with Crippen molar-refractivity contribution in [3.63, 3.8) is 0 Å². The van der Waals surface area contributed by atoms with Gasteiger partial charge >= 0.3 is 6.03 Å². The predicted molar refractivity (Wildman–Crippen MR) is 78.0 cm³/mol. The second kappa shape index (κ2) is 6.67. The molecular weight excluding hydrogens is 272 g/mol. The third kappa shape index (κ3) is 3.58. The topological polar surface area (TPSA) is 68.8 Å². The van der Waals surface area contributed by atoms with Crippen LogP contribution in [0.3, 0.4) is 0 Å². The van der Waals surface area contributed by atoms with E-state index >= 15 is 0 Å². The standard InChI is InChI=1S/C15H20N2O4/c18-15(16-11-3-2-7-19-8-6-11)17-12-4-1-5-13-14(12)21-10-9-20-13/h1,4-5,11H,2-3,6-10H2,(H2,16,17,18). The van der Waals surface area contributed by atoms with Gasteiger partial charge in [-0.2, -0.15) is 0 Å². The monoisotopic (exact) mass is 292 g/mol. The lowest BCUT2D eigenvalue weighted by molar-refractivity contribution is 0.143. The van der Waals surface area contributed by atoms with Crippen molar-refractivity contribution in [1.29, 1.82) is 0 Å². The Labute approximate surface area is 123 Å². The lowest BCUT2D eigenvalue weighted by atomic mass is 10.1. The van der Waals surface area contributed by atoms with E-state index in [1.54, 1.807) is 0 Å². The lowest BCUT2D eigenvalue weighted by Crippen LogP contribution is -2.38. The van der Waals surface area contributed by atoms with Gasteiger partial charge in [0.2, 0.25) is 0 Å². The molecule has 0 aliphatic carbocycles. The van der Waals surface area contributed by atoms with E-state index in [0.29, 0.717) is 37.0 Å². The van der Waals surface area contributed by atoms with Crippen molar-refractivity contribution in [3.8, 4) is 11.5 Å². The van der Waals surface area contributed by atoms with Gasteiger partial charge in [-0.3, -0.25) is 0 Å². The lowest BCUT2D eigenvalue weighted by Gasteiger charge is -2.22. The van der Waals surface area contributed by atoms with E-state index in [2.05, 4.69) is 10.6 Å². The molecule has 1 aromatic rings. The van der Waals surface area contributed by atoms with Crippen LogP contribution in [0.15, 0.2) is 18.2 Å². The number of fused-ring (bicyclic) bond motifs is 1. The molecule has 2 heterocycles. The Morgan fingerprint density at radius 2 is 2.00 bits per heavy atom. The summed E-state index contributed by atoms with van der Waals surface area (Å²) >= 11 is 0. The molecule has 21 heavy (non-hydrogen) atoms. The molecule has 0 saturated carbocycles. The highest BCUT2D eigenvalue weighted by Crippen LogP contribution is 2.37. The Morgan fingerprint density at radius 3 is 2.95 bits per heavy atom. The van der Waals surface area contributed by atoms with Gasteiger partial charge in [-0.25, -0.2) is 4.79 Å². The van der Waals surface area contributed by atoms with E-state index < -0.39 is 0 Å². The van der Waals surface area contributed by atoms with Gasteiger partial charge in [0.25, 0.3) is 0 Å². The van der Waals surface area contributed by atoms with Gasteiger partial charge in [-0.15, -0.1) is 0 Å². The molecule has 2 N–H and O–H groups in total. The minimum Gasteiger partial charge on any atom is -0.486 e. The van der Waals surface area contributed by atoms with E-state index in [-0.39, 0.29) is 12.1 Å². The maximum Gasteiger partial charge on any atom is 0.319 e. The third-order valence-electron chi connectivity index (χ3n) is 3.60. The highest BCUT2D eigenvalue weighted by Gasteiger charge is 2.19. The van der Waals surface area contributed by atoms with Crippen molar-refractivity contribution in [2.75, 3.05) is 31.7 Å². The van der Waals surface area contributed by atoms with E-state index in [1.165, 1.54) is 0 Å². The largest absolute Gasteiger partial charge is 0.486 e. The van der Waals surface area contributed by atoms with Crippen LogP contribution in [0.4, 0.5) is 10.5 Å². The van der Waals surface area contributed by atoms with Gasteiger partial charge in [0.05, 0.1) is 5.69 Å². The Morgan fingerprint density at radius 1 is 1.10 bits per heavy atom. The van der Waals surface area contributed by atoms with Crippen molar-refractivity contribution >= 4 is 11.7 Å². The summed E-state index contributed by atoms with van der Waals surface area (Å²) in [6.45, 7) is 2.50. The Bertz CT molecular complexity index is 498. The van der Waals surface area contributed by atoms with Crippen molar-refractivity contribution in [3.05, 3.63) is 18.2 Å². The summed E-state index contributed by atoms with van der Waals surface area (Å²) in [5, 5.41) is 5.83. The van der Waals surface area contributed by atoms with E-state index in [9.17, 15) is 4.79 Å². The molecule has 2 aliphatic rings. The van der Waals surface area contributed by atoms with Crippen LogP contribution in [0.2, 0.25) is 0 Å². The molecule has 0 spiro atoms. The zero-order valence-electron chi connectivity index (χ0n) is 11.9. The van der Waals surface area contributed by atoms with Gasteiger partial charge in [-0.05, 0) is 31.4 Å². The Hall–Kier alpha value is -1.95. The predicted octanol–water partition coefficient (Wildman–Crippen LogP) is 2.15. The second-order valence-electron chi connectivity index (χ2n) is 5.17. The highest BCUT2D eigenvalue weighted by atomic mass is 16.6. The number of nitrogens with one attached hydrogen (secondary N) is 2. The zero-order chi connectivity index (χ0) is 14.5. The van der Waals surface area contributed by atoms with Gasteiger partial charge in [0.1, 0.15) is 13.2 Å². The number of anilines is 1. The van der Waals surface area contributed by atoms with Gasteiger partial charge in [0, 0.05) is 19.3 Å². The molecule has 2 amide bonds. The van der Waals surface area contributed by atoms with Crippen LogP contribution in [-0.2, 0) is 4.74 Å². The number of hydrogen-bond acceptors (Lipinski definition) is 4. The summed E-state index contributed by atoms with van der Waals surface area (Å²) in [6.07, 6.45) is 2.77. The number of urea groups is 1. The number of benzene rings is 1. The summed E-state index contributed by atoms with van der Waals surface area (Å²) < 4.78 is 16.5. The fourth-order valence-corrected chi connectivity index (χ4v) is 2.56. The molecule has 1 atom stereocenters. The fourth-order valence-electron chi connectivity index (χ4n) is 2.56. The molecule has 3 rings (SSSR count). The summed E-state index contributed by atoms with van der Waals surface area (Å²) in [4.78, 5) is 12.1. The maximum atomic E-state index is 12.1. The van der Waals surface area contributed by atoms with Crippen LogP contribution in [0.5, 0.6) is 11.5 Å². The summed E-state index contributed by atoms with van der Waals surface area (Å²) in [6, 6.07) is 5.42. The highest BCUT2D eigenvalue weighted by molar-refractivity contribution is 5.91. The molecule has 1 aromatic carbocycles. The molecule has 1 unspecified atom stereocenters. The number of ether oxygens (including phenoxy) is 3. The number of amides is 2. The first-order valence-corrected chi connectivity index (χ1v) is 7.37. The molecule has 6 nitrogen and oxygen atoms in total. The number of carbonyl (C=O) groups is 1. The number of para-hydroxylation sites is 1. The quantitative estimate of drug-likeness (QED) is 0.876. The molecule has 1 fully saturated rings. The minimum absolute atomic E-state index is 0.157. The molecule has 114 valence electrons. The van der Waals surface area contributed by atoms with Crippen LogP contribution >= 0.6 is 0 Å². The van der Waals surface area contributed by atoms with Crippen molar-refractivity contribution in [2.45, 2.75) is 25.3 Å². The van der Waals surface area contributed by atoms with Crippen molar-refractivity contribution in [2.24, 2.45) is 0 Å². The van der Waals surface area contributed by atoms with Gasteiger partial charge < -0.3 is 24.8 Å². The molecule has 1 saturated heterocycles. The van der Waals surface area contributed by atoms with Crippen LogP contribution in [0.25, 0.3) is 0 Å². The first-order valence-electron chi connectivity index (χ1n) is 7.37. The SMILES string of the molecule is O=C(Nc1cccc2c1OCCO2)NC1CCCOCC1.